The number of pyridine rings is 1. The quantitative estimate of drug-likeness (QED) is 0.667. The van der Waals surface area contributed by atoms with Crippen LogP contribution in [0.5, 0.6) is 0 Å². The van der Waals surface area contributed by atoms with Crippen molar-refractivity contribution in [1.82, 2.24) is 4.98 Å². The van der Waals surface area contributed by atoms with Gasteiger partial charge in [-0.3, -0.25) is 0 Å². The summed E-state index contributed by atoms with van der Waals surface area (Å²) in [5, 5.41) is 15.5. The van der Waals surface area contributed by atoms with E-state index in [1.165, 1.54) is 0 Å². The van der Waals surface area contributed by atoms with Gasteiger partial charge in [-0.25, -0.2) is 4.98 Å². The Morgan fingerprint density at radius 2 is 2.27 bits per heavy atom. The van der Waals surface area contributed by atoms with Gasteiger partial charge in [0, 0.05) is 30.5 Å². The van der Waals surface area contributed by atoms with Gasteiger partial charge in [-0.05, 0) is 19.4 Å². The van der Waals surface area contributed by atoms with Gasteiger partial charge >= 0.3 is 0 Å². The normalized spacial score (nSPS) is 12.2. The Bertz CT molecular complexity index is 287. The Morgan fingerprint density at radius 3 is 2.87 bits per heavy atom. The molecular weight excluding hydrogens is 190 g/mol. The van der Waals surface area contributed by atoms with E-state index in [1.807, 2.05) is 26.0 Å². The van der Waals surface area contributed by atoms with Crippen molar-refractivity contribution >= 4 is 11.5 Å². The van der Waals surface area contributed by atoms with E-state index in [0.29, 0.717) is 0 Å². The first-order valence-electron chi connectivity index (χ1n) is 5.37. The Labute approximate surface area is 90.7 Å². The number of nitrogens with zero attached hydrogens (tertiary/aromatic N) is 1. The molecule has 0 saturated carbocycles. The van der Waals surface area contributed by atoms with Crippen LogP contribution in [0.1, 0.15) is 20.3 Å². The predicted molar refractivity (Wildman–Crippen MR) is 63.2 cm³/mol. The monoisotopic (exact) mass is 209 g/mol. The zero-order chi connectivity index (χ0) is 11.1. The first-order chi connectivity index (χ1) is 7.30. The van der Waals surface area contributed by atoms with Gasteiger partial charge in [-0.15, -0.1) is 0 Å². The molecule has 1 atom stereocenters. The maximum Gasteiger partial charge on any atom is 0.127 e. The highest BCUT2D eigenvalue weighted by molar-refractivity contribution is 5.52. The molecular formula is C11H19N3O. The van der Waals surface area contributed by atoms with Gasteiger partial charge in [-0.1, -0.05) is 6.92 Å². The fraction of sp³-hybridized carbons (Fsp3) is 0.545. The number of rotatable bonds is 6. The maximum atomic E-state index is 9.07. The Morgan fingerprint density at radius 1 is 1.47 bits per heavy atom. The zero-order valence-electron chi connectivity index (χ0n) is 9.33. The number of hydrogen-bond acceptors (Lipinski definition) is 4. The van der Waals surface area contributed by atoms with E-state index in [0.717, 1.165) is 24.5 Å². The van der Waals surface area contributed by atoms with Crippen LogP contribution in [-0.2, 0) is 0 Å². The summed E-state index contributed by atoms with van der Waals surface area (Å²) in [4.78, 5) is 4.17. The summed E-state index contributed by atoms with van der Waals surface area (Å²) < 4.78 is 0. The van der Waals surface area contributed by atoms with Crippen molar-refractivity contribution < 1.29 is 5.11 Å². The summed E-state index contributed by atoms with van der Waals surface area (Å²) in [5.41, 5.74) is 0.988. The van der Waals surface area contributed by atoms with Crippen LogP contribution in [-0.4, -0.2) is 29.3 Å². The SMILES string of the molecule is CCNc1cc(NC(CC)CO)ccn1. The van der Waals surface area contributed by atoms with Gasteiger partial charge in [0.25, 0.3) is 0 Å². The van der Waals surface area contributed by atoms with Crippen LogP contribution in [0, 0.1) is 0 Å². The highest BCUT2D eigenvalue weighted by Crippen LogP contribution is 2.13. The minimum absolute atomic E-state index is 0.113. The standard InChI is InChI=1S/C11H19N3O/c1-3-9(8-15)14-10-5-6-13-11(7-10)12-4-2/h5-7,9,15H,3-4,8H2,1-2H3,(H2,12,13,14). The third-order valence-electron chi connectivity index (χ3n) is 2.20. The summed E-state index contributed by atoms with van der Waals surface area (Å²) in [6.45, 7) is 5.08. The summed E-state index contributed by atoms with van der Waals surface area (Å²) in [5.74, 6) is 0.857. The van der Waals surface area contributed by atoms with Crippen molar-refractivity contribution in [1.29, 1.82) is 0 Å². The van der Waals surface area contributed by atoms with Crippen molar-refractivity contribution in [2.75, 3.05) is 23.8 Å². The highest BCUT2D eigenvalue weighted by atomic mass is 16.3. The number of aliphatic hydroxyl groups is 1. The number of hydrogen-bond donors (Lipinski definition) is 3. The summed E-state index contributed by atoms with van der Waals surface area (Å²) in [6.07, 6.45) is 2.65. The molecule has 1 aromatic rings. The molecule has 4 nitrogen and oxygen atoms in total. The molecule has 0 aliphatic carbocycles. The van der Waals surface area contributed by atoms with Gasteiger partial charge in [-0.2, -0.15) is 0 Å². The van der Waals surface area contributed by atoms with Gasteiger partial charge in [0.1, 0.15) is 5.82 Å². The van der Waals surface area contributed by atoms with Crippen molar-refractivity contribution in [2.45, 2.75) is 26.3 Å². The zero-order valence-corrected chi connectivity index (χ0v) is 9.33. The molecule has 0 amide bonds. The third kappa shape index (κ3) is 3.75. The fourth-order valence-electron chi connectivity index (χ4n) is 1.31. The first kappa shape index (κ1) is 11.8. The molecule has 0 aliphatic heterocycles. The molecule has 1 unspecified atom stereocenters. The molecule has 3 N–H and O–H groups in total. The molecule has 1 aromatic heterocycles. The maximum absolute atomic E-state index is 9.07. The molecule has 1 heterocycles. The van der Waals surface area contributed by atoms with Gasteiger partial charge < -0.3 is 15.7 Å². The van der Waals surface area contributed by atoms with Crippen LogP contribution in [0.15, 0.2) is 18.3 Å². The van der Waals surface area contributed by atoms with Crippen LogP contribution < -0.4 is 10.6 Å². The van der Waals surface area contributed by atoms with Crippen molar-refractivity contribution in [3.63, 3.8) is 0 Å². The second-order valence-corrected chi connectivity index (χ2v) is 3.39. The van der Waals surface area contributed by atoms with E-state index in [9.17, 15) is 0 Å². The van der Waals surface area contributed by atoms with Gasteiger partial charge in [0.15, 0.2) is 0 Å². The fourth-order valence-corrected chi connectivity index (χ4v) is 1.31. The summed E-state index contributed by atoms with van der Waals surface area (Å²) in [6, 6.07) is 3.96. The smallest absolute Gasteiger partial charge is 0.127 e. The van der Waals surface area contributed by atoms with Gasteiger partial charge in [0.05, 0.1) is 6.61 Å². The van der Waals surface area contributed by atoms with E-state index in [1.54, 1.807) is 6.20 Å². The van der Waals surface area contributed by atoms with Crippen LogP contribution >= 0.6 is 0 Å². The first-order valence-corrected chi connectivity index (χ1v) is 5.37. The van der Waals surface area contributed by atoms with Crippen LogP contribution in [0.25, 0.3) is 0 Å². The molecule has 0 saturated heterocycles. The van der Waals surface area contributed by atoms with E-state index < -0.39 is 0 Å². The molecule has 0 bridgehead atoms. The van der Waals surface area contributed by atoms with E-state index in [2.05, 4.69) is 15.6 Å². The van der Waals surface area contributed by atoms with Crippen molar-refractivity contribution in [2.24, 2.45) is 0 Å². The Kier molecular flexibility index (Phi) is 4.90. The lowest BCUT2D eigenvalue weighted by atomic mass is 10.2. The summed E-state index contributed by atoms with van der Waals surface area (Å²) >= 11 is 0. The average molecular weight is 209 g/mol. The van der Waals surface area contributed by atoms with Crippen LogP contribution in [0.3, 0.4) is 0 Å². The number of aliphatic hydroxyl groups excluding tert-OH is 1. The molecule has 84 valence electrons. The molecule has 0 radical (unpaired) electrons. The molecule has 0 fully saturated rings. The molecule has 0 spiro atoms. The second-order valence-electron chi connectivity index (χ2n) is 3.39. The van der Waals surface area contributed by atoms with E-state index >= 15 is 0 Å². The van der Waals surface area contributed by atoms with Crippen LogP contribution in [0.4, 0.5) is 11.5 Å². The Balaban J connectivity index is 2.64. The van der Waals surface area contributed by atoms with E-state index in [-0.39, 0.29) is 12.6 Å². The van der Waals surface area contributed by atoms with Crippen molar-refractivity contribution in [3.8, 4) is 0 Å². The molecule has 15 heavy (non-hydrogen) atoms. The number of anilines is 2. The average Bonchev–Trinajstić information content (AvgIpc) is 2.27. The molecule has 1 rings (SSSR count). The number of aromatic nitrogens is 1. The molecule has 4 heteroatoms. The lowest BCUT2D eigenvalue weighted by molar-refractivity contribution is 0.272. The second kappa shape index (κ2) is 6.24. The summed E-state index contributed by atoms with van der Waals surface area (Å²) in [7, 11) is 0. The predicted octanol–water partition coefficient (Wildman–Crippen LogP) is 1.70. The Hall–Kier alpha value is -1.29. The van der Waals surface area contributed by atoms with Crippen molar-refractivity contribution in [3.05, 3.63) is 18.3 Å². The van der Waals surface area contributed by atoms with Gasteiger partial charge in [0.2, 0.25) is 0 Å². The number of nitrogens with one attached hydrogen (secondary N) is 2. The minimum atomic E-state index is 0.113. The topological polar surface area (TPSA) is 57.2 Å². The largest absolute Gasteiger partial charge is 0.394 e. The lowest BCUT2D eigenvalue weighted by Crippen LogP contribution is -2.22. The minimum Gasteiger partial charge on any atom is -0.394 e. The lowest BCUT2D eigenvalue weighted by Gasteiger charge is -2.15. The van der Waals surface area contributed by atoms with Crippen LogP contribution in [0.2, 0.25) is 0 Å². The molecule has 0 aromatic carbocycles. The third-order valence-corrected chi connectivity index (χ3v) is 2.20. The highest BCUT2D eigenvalue weighted by Gasteiger charge is 2.04. The molecule has 0 aliphatic rings. The van der Waals surface area contributed by atoms with E-state index in [4.69, 9.17) is 5.11 Å².